The van der Waals surface area contributed by atoms with Crippen LogP contribution in [0.15, 0.2) is 30.6 Å². The first kappa shape index (κ1) is 17.9. The predicted molar refractivity (Wildman–Crippen MR) is 111 cm³/mol. The standard InChI is InChI=1S/C20H24N6OS/c1-13(14-2-3-15-17(12-14)22-7-6-21-15)25-8-10-26(11-9-25)20-24-16-4-5-23-19(27)18(16)28-20/h2-3,6-7,12-13,19,23,27H,4-5,8-11H2,1H3/t13?,19-/m1/s1. The highest BCUT2D eigenvalue weighted by Gasteiger charge is 2.27. The number of thiazole rings is 1. The second kappa shape index (κ2) is 7.36. The SMILES string of the molecule is CC(c1ccc2nccnc2c1)N1CCN(c2nc3c(s2)[C@@H](O)NCC3)CC1. The number of nitrogens with zero attached hydrogens (tertiary/aromatic N) is 5. The number of aliphatic hydroxyl groups excluding tert-OH is 1. The van der Waals surface area contributed by atoms with Gasteiger partial charge in [0.1, 0.15) is 6.23 Å². The Bertz CT molecular complexity index is 984. The van der Waals surface area contributed by atoms with E-state index in [-0.39, 0.29) is 0 Å². The molecule has 0 aliphatic carbocycles. The zero-order valence-corrected chi connectivity index (χ0v) is 16.7. The fourth-order valence-electron chi connectivity index (χ4n) is 4.05. The monoisotopic (exact) mass is 396 g/mol. The first-order chi connectivity index (χ1) is 13.7. The van der Waals surface area contributed by atoms with Crippen LogP contribution in [-0.4, -0.2) is 57.7 Å². The minimum atomic E-state index is -0.563. The number of nitrogens with one attached hydrogen (secondary N) is 1. The number of hydrogen-bond acceptors (Lipinski definition) is 8. The lowest BCUT2D eigenvalue weighted by Crippen LogP contribution is -2.47. The van der Waals surface area contributed by atoms with E-state index in [1.54, 1.807) is 23.7 Å². The summed E-state index contributed by atoms with van der Waals surface area (Å²) in [5, 5.41) is 14.3. The fraction of sp³-hybridized carbons (Fsp3) is 0.450. The number of aliphatic hydroxyl groups is 1. The Morgan fingerprint density at radius 2 is 1.93 bits per heavy atom. The molecule has 2 aromatic heterocycles. The quantitative estimate of drug-likeness (QED) is 0.702. The molecule has 2 N–H and O–H groups in total. The van der Waals surface area contributed by atoms with Crippen molar-refractivity contribution in [2.45, 2.75) is 25.6 Å². The molecule has 1 saturated heterocycles. The third-order valence-corrected chi connectivity index (χ3v) is 6.98. The van der Waals surface area contributed by atoms with Gasteiger partial charge in [0.25, 0.3) is 0 Å². The van der Waals surface area contributed by atoms with E-state index in [4.69, 9.17) is 4.98 Å². The van der Waals surface area contributed by atoms with Crippen LogP contribution in [0.5, 0.6) is 0 Å². The molecule has 1 fully saturated rings. The Labute approximate surface area is 168 Å². The first-order valence-corrected chi connectivity index (χ1v) is 10.6. The van der Waals surface area contributed by atoms with Crippen LogP contribution in [0.2, 0.25) is 0 Å². The summed E-state index contributed by atoms with van der Waals surface area (Å²) >= 11 is 1.63. The third-order valence-electron chi connectivity index (χ3n) is 5.77. The Balaban J connectivity index is 1.27. The van der Waals surface area contributed by atoms with Gasteiger partial charge in [0.15, 0.2) is 5.13 Å². The van der Waals surface area contributed by atoms with Crippen molar-refractivity contribution in [2.75, 3.05) is 37.6 Å². The van der Waals surface area contributed by atoms with Crippen LogP contribution < -0.4 is 10.2 Å². The Morgan fingerprint density at radius 3 is 2.71 bits per heavy atom. The Kier molecular flexibility index (Phi) is 4.72. The summed E-state index contributed by atoms with van der Waals surface area (Å²) in [6, 6.07) is 6.72. The van der Waals surface area contributed by atoms with Gasteiger partial charge in [-0.3, -0.25) is 20.2 Å². The summed E-state index contributed by atoms with van der Waals surface area (Å²) in [5.74, 6) is 0. The van der Waals surface area contributed by atoms with Gasteiger partial charge < -0.3 is 10.0 Å². The summed E-state index contributed by atoms with van der Waals surface area (Å²) in [7, 11) is 0. The molecule has 0 spiro atoms. The number of piperazine rings is 1. The maximum atomic E-state index is 10.1. The molecule has 0 bridgehead atoms. The van der Waals surface area contributed by atoms with E-state index in [0.29, 0.717) is 6.04 Å². The highest BCUT2D eigenvalue weighted by Crippen LogP contribution is 2.33. The molecule has 2 aliphatic rings. The number of fused-ring (bicyclic) bond motifs is 2. The van der Waals surface area contributed by atoms with Crippen LogP contribution in [0.3, 0.4) is 0 Å². The number of anilines is 1. The molecule has 1 aromatic carbocycles. The van der Waals surface area contributed by atoms with E-state index < -0.39 is 6.23 Å². The summed E-state index contributed by atoms with van der Waals surface area (Å²) in [4.78, 5) is 19.4. The van der Waals surface area contributed by atoms with Crippen molar-refractivity contribution in [3.8, 4) is 0 Å². The second-order valence-corrected chi connectivity index (χ2v) is 8.43. The van der Waals surface area contributed by atoms with E-state index in [1.807, 2.05) is 0 Å². The minimum absolute atomic E-state index is 0.337. The van der Waals surface area contributed by atoms with Crippen molar-refractivity contribution < 1.29 is 5.11 Å². The van der Waals surface area contributed by atoms with Gasteiger partial charge in [-0.1, -0.05) is 17.4 Å². The molecular weight excluding hydrogens is 372 g/mol. The lowest BCUT2D eigenvalue weighted by Gasteiger charge is -2.38. The fourth-order valence-corrected chi connectivity index (χ4v) is 5.17. The van der Waals surface area contributed by atoms with Crippen molar-refractivity contribution in [1.82, 2.24) is 25.2 Å². The topological polar surface area (TPSA) is 77.4 Å². The van der Waals surface area contributed by atoms with Crippen molar-refractivity contribution >= 4 is 27.5 Å². The van der Waals surface area contributed by atoms with Gasteiger partial charge in [-0.05, 0) is 24.6 Å². The van der Waals surface area contributed by atoms with Crippen molar-refractivity contribution in [1.29, 1.82) is 0 Å². The van der Waals surface area contributed by atoms with E-state index in [0.717, 1.165) is 65.9 Å². The molecule has 28 heavy (non-hydrogen) atoms. The lowest BCUT2D eigenvalue weighted by atomic mass is 10.1. The highest BCUT2D eigenvalue weighted by atomic mass is 32.1. The molecule has 0 amide bonds. The molecule has 2 aliphatic heterocycles. The molecule has 2 atom stereocenters. The molecule has 0 saturated carbocycles. The summed E-state index contributed by atoms with van der Waals surface area (Å²) in [6.45, 7) is 6.94. The maximum absolute atomic E-state index is 10.1. The molecule has 8 heteroatoms. The second-order valence-electron chi connectivity index (χ2n) is 7.42. The van der Waals surface area contributed by atoms with Crippen molar-refractivity contribution in [3.05, 3.63) is 46.7 Å². The average molecular weight is 397 g/mol. The smallest absolute Gasteiger partial charge is 0.186 e. The van der Waals surface area contributed by atoms with Crippen LogP contribution in [0.25, 0.3) is 11.0 Å². The average Bonchev–Trinajstić information content (AvgIpc) is 3.19. The van der Waals surface area contributed by atoms with E-state index in [1.165, 1.54) is 5.56 Å². The van der Waals surface area contributed by atoms with Crippen LogP contribution in [0.1, 0.15) is 35.3 Å². The lowest BCUT2D eigenvalue weighted by molar-refractivity contribution is 0.135. The Hall–Kier alpha value is -2.13. The summed E-state index contributed by atoms with van der Waals surface area (Å²) in [6.07, 6.45) is 3.81. The van der Waals surface area contributed by atoms with Gasteiger partial charge in [-0.2, -0.15) is 0 Å². The van der Waals surface area contributed by atoms with Crippen LogP contribution in [-0.2, 0) is 6.42 Å². The molecule has 146 valence electrons. The van der Waals surface area contributed by atoms with Crippen LogP contribution in [0.4, 0.5) is 5.13 Å². The van der Waals surface area contributed by atoms with E-state index >= 15 is 0 Å². The number of benzene rings is 1. The molecular formula is C20H24N6OS. The molecule has 7 nitrogen and oxygen atoms in total. The first-order valence-electron chi connectivity index (χ1n) is 9.80. The highest BCUT2D eigenvalue weighted by molar-refractivity contribution is 7.15. The molecule has 3 aromatic rings. The van der Waals surface area contributed by atoms with Gasteiger partial charge in [0.2, 0.25) is 0 Å². The third kappa shape index (κ3) is 3.26. The maximum Gasteiger partial charge on any atom is 0.186 e. The number of aromatic nitrogens is 3. The normalized spacial score (nSPS) is 21.6. The van der Waals surface area contributed by atoms with Crippen molar-refractivity contribution in [2.24, 2.45) is 0 Å². The van der Waals surface area contributed by atoms with Gasteiger partial charge in [-0.15, -0.1) is 0 Å². The van der Waals surface area contributed by atoms with Gasteiger partial charge in [0, 0.05) is 57.6 Å². The zero-order valence-electron chi connectivity index (χ0n) is 15.9. The minimum Gasteiger partial charge on any atom is -0.373 e. The Morgan fingerprint density at radius 1 is 1.14 bits per heavy atom. The van der Waals surface area contributed by atoms with Gasteiger partial charge in [0.05, 0.1) is 21.6 Å². The van der Waals surface area contributed by atoms with Crippen LogP contribution in [0, 0.1) is 0 Å². The van der Waals surface area contributed by atoms with Gasteiger partial charge >= 0.3 is 0 Å². The summed E-state index contributed by atoms with van der Waals surface area (Å²) < 4.78 is 0. The van der Waals surface area contributed by atoms with E-state index in [9.17, 15) is 5.11 Å². The molecule has 5 rings (SSSR count). The van der Waals surface area contributed by atoms with Gasteiger partial charge in [-0.25, -0.2) is 4.98 Å². The largest absolute Gasteiger partial charge is 0.373 e. The predicted octanol–water partition coefficient (Wildman–Crippen LogP) is 2.11. The number of hydrogen-bond donors (Lipinski definition) is 2. The van der Waals surface area contributed by atoms with E-state index in [2.05, 4.69) is 50.2 Å². The molecule has 4 heterocycles. The molecule has 1 unspecified atom stereocenters. The number of rotatable bonds is 3. The van der Waals surface area contributed by atoms with Crippen LogP contribution >= 0.6 is 11.3 Å². The molecule has 0 radical (unpaired) electrons. The zero-order chi connectivity index (χ0) is 19.1. The summed E-state index contributed by atoms with van der Waals surface area (Å²) in [5.41, 5.74) is 4.22. The van der Waals surface area contributed by atoms with Crippen molar-refractivity contribution in [3.63, 3.8) is 0 Å².